The van der Waals surface area contributed by atoms with Crippen LogP contribution in [-0.4, -0.2) is 0 Å². The van der Waals surface area contributed by atoms with Crippen LogP contribution in [0.4, 0.5) is 0 Å². The highest BCUT2D eigenvalue weighted by atomic mass is 14.4. The molecule has 2 unspecified atom stereocenters. The summed E-state index contributed by atoms with van der Waals surface area (Å²) >= 11 is 0. The second-order valence-electron chi connectivity index (χ2n) is 10.7. The van der Waals surface area contributed by atoms with Crippen LogP contribution in [0, 0.1) is 12.8 Å². The van der Waals surface area contributed by atoms with Crippen LogP contribution in [0.25, 0.3) is 16.7 Å². The van der Waals surface area contributed by atoms with Crippen molar-refractivity contribution in [2.75, 3.05) is 0 Å². The summed E-state index contributed by atoms with van der Waals surface area (Å²) in [7, 11) is 0. The number of rotatable bonds is 7. The topological polar surface area (TPSA) is 0 Å². The summed E-state index contributed by atoms with van der Waals surface area (Å²) in [4.78, 5) is 0. The van der Waals surface area contributed by atoms with Crippen LogP contribution in [0.2, 0.25) is 0 Å². The summed E-state index contributed by atoms with van der Waals surface area (Å²) in [6.45, 7) is 7.06. The van der Waals surface area contributed by atoms with Crippen LogP contribution in [0.3, 0.4) is 0 Å². The van der Waals surface area contributed by atoms with E-state index in [2.05, 4.69) is 124 Å². The van der Waals surface area contributed by atoms with E-state index in [1.165, 1.54) is 43.8 Å². The molecule has 3 aliphatic rings. The Morgan fingerprint density at radius 2 is 1.47 bits per heavy atom. The number of aryl methyl sites for hydroxylation is 1. The summed E-state index contributed by atoms with van der Waals surface area (Å²) < 4.78 is 0. The first-order chi connectivity index (χ1) is 17.7. The molecule has 0 aromatic heterocycles. The number of hydrogen-bond acceptors (Lipinski definition) is 0. The Labute approximate surface area is 216 Å². The Bertz CT molecular complexity index is 1520. The van der Waals surface area contributed by atoms with Gasteiger partial charge in [0.15, 0.2) is 0 Å². The van der Waals surface area contributed by atoms with Gasteiger partial charge in [0.1, 0.15) is 0 Å². The molecule has 3 aliphatic carbocycles. The number of allylic oxidation sites excluding steroid dienone is 6. The summed E-state index contributed by atoms with van der Waals surface area (Å²) in [6, 6.07) is 27.3. The Kier molecular flexibility index (Phi) is 5.92. The molecular weight excluding hydrogens is 432 g/mol. The van der Waals surface area contributed by atoms with Crippen molar-refractivity contribution in [3.63, 3.8) is 0 Å². The fraction of sp³-hybridized carbons (Fsp3) is 0.278. The molecule has 0 fully saturated rings. The first-order valence-corrected chi connectivity index (χ1v) is 13.7. The average Bonchev–Trinajstić information content (AvgIpc) is 3.46. The van der Waals surface area contributed by atoms with E-state index in [4.69, 9.17) is 0 Å². The molecule has 0 N–H and O–H groups in total. The Balaban J connectivity index is 1.40. The SMILES string of the molecule is CCC(CC)(c1ccccc1C)C1C=C(CCC2=c3ccccc3=C3C=CC=CC32)c2ccccc21. The monoisotopic (exact) mass is 468 g/mol. The van der Waals surface area contributed by atoms with E-state index in [1.807, 2.05) is 0 Å². The molecule has 0 radical (unpaired) electrons. The molecule has 0 heteroatoms. The fourth-order valence-corrected chi connectivity index (χ4v) is 7.33. The first-order valence-electron chi connectivity index (χ1n) is 13.7. The largest absolute Gasteiger partial charge is 0.0729 e. The first kappa shape index (κ1) is 23.0. The lowest BCUT2D eigenvalue weighted by Gasteiger charge is -2.39. The van der Waals surface area contributed by atoms with E-state index in [0.29, 0.717) is 11.8 Å². The third-order valence-corrected chi connectivity index (χ3v) is 9.20. The van der Waals surface area contributed by atoms with E-state index in [-0.39, 0.29) is 5.41 Å². The maximum absolute atomic E-state index is 2.65. The maximum Gasteiger partial charge on any atom is 0.0246 e. The zero-order valence-electron chi connectivity index (χ0n) is 21.8. The van der Waals surface area contributed by atoms with Gasteiger partial charge < -0.3 is 0 Å². The normalized spacial score (nSPS) is 19.8. The molecular formula is C36H36. The molecule has 0 aliphatic heterocycles. The summed E-state index contributed by atoms with van der Waals surface area (Å²) in [5.41, 5.74) is 10.6. The third kappa shape index (κ3) is 3.50. The maximum atomic E-state index is 2.65. The molecule has 0 bridgehead atoms. The van der Waals surface area contributed by atoms with Crippen LogP contribution < -0.4 is 10.4 Å². The minimum Gasteiger partial charge on any atom is -0.0729 e. The van der Waals surface area contributed by atoms with Gasteiger partial charge in [0.05, 0.1) is 0 Å². The highest BCUT2D eigenvalue weighted by Gasteiger charge is 2.41. The van der Waals surface area contributed by atoms with Crippen LogP contribution in [0.5, 0.6) is 0 Å². The van der Waals surface area contributed by atoms with Crippen molar-refractivity contribution in [3.05, 3.63) is 136 Å². The van der Waals surface area contributed by atoms with E-state index < -0.39 is 0 Å². The highest BCUT2D eigenvalue weighted by Crippen LogP contribution is 2.53. The van der Waals surface area contributed by atoms with Gasteiger partial charge in [0.2, 0.25) is 0 Å². The van der Waals surface area contributed by atoms with Gasteiger partial charge in [0, 0.05) is 17.3 Å². The zero-order chi connectivity index (χ0) is 24.7. The smallest absolute Gasteiger partial charge is 0.0246 e. The standard InChI is InChI=1S/C36H36/c1-4-36(5-2,34-21-13-6-14-25(34)3)35-24-26(27-15-7-12-20-33(27)35)22-23-32-30-18-10-8-16-28(30)29-17-9-11-19-31(29)32/h6-21,24,30,35H,4-5,22-23H2,1-3H3. The van der Waals surface area contributed by atoms with Gasteiger partial charge in [0.25, 0.3) is 0 Å². The molecule has 6 rings (SSSR count). The van der Waals surface area contributed by atoms with E-state index in [0.717, 1.165) is 25.7 Å². The van der Waals surface area contributed by atoms with E-state index in [9.17, 15) is 0 Å². The number of fused-ring (bicyclic) bond motifs is 3. The molecule has 180 valence electrons. The lowest BCUT2D eigenvalue weighted by Crippen LogP contribution is -2.32. The van der Waals surface area contributed by atoms with E-state index >= 15 is 0 Å². The van der Waals surface area contributed by atoms with Crippen LogP contribution in [0.15, 0.2) is 103 Å². The Morgan fingerprint density at radius 3 is 2.28 bits per heavy atom. The lowest BCUT2D eigenvalue weighted by molar-refractivity contribution is 0.356. The molecule has 0 nitrogen and oxygen atoms in total. The summed E-state index contributed by atoms with van der Waals surface area (Å²) in [5, 5.41) is 2.88. The third-order valence-electron chi connectivity index (χ3n) is 9.20. The second-order valence-corrected chi connectivity index (χ2v) is 10.7. The minimum atomic E-state index is 0.119. The van der Waals surface area contributed by atoms with Gasteiger partial charge in [-0.05, 0) is 76.4 Å². The average molecular weight is 469 g/mol. The summed E-state index contributed by atoms with van der Waals surface area (Å²) in [6.07, 6.45) is 16.2. The summed E-state index contributed by atoms with van der Waals surface area (Å²) in [5.74, 6) is 0.845. The predicted molar refractivity (Wildman–Crippen MR) is 154 cm³/mol. The molecule has 2 atom stereocenters. The van der Waals surface area contributed by atoms with Crippen molar-refractivity contribution >= 4 is 16.7 Å². The molecule has 36 heavy (non-hydrogen) atoms. The predicted octanol–water partition coefficient (Wildman–Crippen LogP) is 7.77. The molecule has 0 saturated heterocycles. The highest BCUT2D eigenvalue weighted by molar-refractivity contribution is 5.82. The molecule has 0 amide bonds. The molecule has 3 aromatic carbocycles. The molecule has 0 heterocycles. The van der Waals surface area contributed by atoms with Crippen molar-refractivity contribution in [1.82, 2.24) is 0 Å². The van der Waals surface area contributed by atoms with Crippen molar-refractivity contribution in [1.29, 1.82) is 0 Å². The van der Waals surface area contributed by atoms with Crippen LogP contribution in [-0.2, 0) is 5.41 Å². The molecule has 3 aromatic rings. The van der Waals surface area contributed by atoms with Gasteiger partial charge in [-0.1, -0.05) is 123 Å². The Morgan fingerprint density at radius 1 is 0.750 bits per heavy atom. The van der Waals surface area contributed by atoms with Crippen molar-refractivity contribution in [2.24, 2.45) is 5.92 Å². The molecule has 0 saturated carbocycles. The minimum absolute atomic E-state index is 0.119. The zero-order valence-corrected chi connectivity index (χ0v) is 21.8. The quantitative estimate of drug-likeness (QED) is 0.332. The van der Waals surface area contributed by atoms with Gasteiger partial charge in [-0.2, -0.15) is 0 Å². The second kappa shape index (κ2) is 9.25. The van der Waals surface area contributed by atoms with Crippen LogP contribution in [0.1, 0.15) is 67.7 Å². The number of benzene rings is 3. The van der Waals surface area contributed by atoms with Crippen molar-refractivity contribution in [2.45, 2.75) is 57.8 Å². The fourth-order valence-electron chi connectivity index (χ4n) is 7.33. The number of hydrogen-bond donors (Lipinski definition) is 0. The van der Waals surface area contributed by atoms with Crippen molar-refractivity contribution in [3.8, 4) is 0 Å². The molecule has 0 spiro atoms. The Hall–Kier alpha value is -3.38. The van der Waals surface area contributed by atoms with Gasteiger partial charge >= 0.3 is 0 Å². The van der Waals surface area contributed by atoms with Crippen molar-refractivity contribution < 1.29 is 0 Å². The van der Waals surface area contributed by atoms with Gasteiger partial charge in [-0.3, -0.25) is 0 Å². The van der Waals surface area contributed by atoms with Crippen LogP contribution >= 0.6 is 0 Å². The van der Waals surface area contributed by atoms with E-state index in [1.54, 1.807) is 5.57 Å². The lowest BCUT2D eigenvalue weighted by atomic mass is 9.64. The van der Waals surface area contributed by atoms with Gasteiger partial charge in [-0.25, -0.2) is 0 Å². The van der Waals surface area contributed by atoms with Gasteiger partial charge in [-0.15, -0.1) is 0 Å².